The summed E-state index contributed by atoms with van der Waals surface area (Å²) in [5, 5.41) is 3.74. The Morgan fingerprint density at radius 3 is 2.33 bits per heavy atom. The molecular formula is C26H25N3O3S. The van der Waals surface area contributed by atoms with E-state index in [-0.39, 0.29) is 18.4 Å². The minimum atomic E-state index is -0.877. The molecule has 168 valence electrons. The Balaban J connectivity index is 1.79. The van der Waals surface area contributed by atoms with Gasteiger partial charge in [-0.25, -0.2) is 4.98 Å². The second-order valence-corrected chi connectivity index (χ2v) is 8.97. The molecule has 2 amide bonds. The van der Waals surface area contributed by atoms with Crippen molar-refractivity contribution in [2.45, 2.75) is 33.4 Å². The van der Waals surface area contributed by atoms with E-state index in [2.05, 4.69) is 10.3 Å². The molecular weight excluding hydrogens is 434 g/mol. The summed E-state index contributed by atoms with van der Waals surface area (Å²) in [4.78, 5) is 34.0. The van der Waals surface area contributed by atoms with Crippen LogP contribution < -0.4 is 10.2 Å². The third kappa shape index (κ3) is 5.04. The molecule has 0 aliphatic carbocycles. The molecule has 0 bridgehead atoms. The molecule has 1 N–H and O–H groups in total. The van der Waals surface area contributed by atoms with Crippen molar-refractivity contribution in [1.29, 1.82) is 0 Å². The number of thiazole rings is 1. The number of hydrogen-bond donors (Lipinski definition) is 1. The molecule has 1 atom stereocenters. The highest BCUT2D eigenvalue weighted by atomic mass is 32.1. The average Bonchev–Trinajstić information content (AvgIpc) is 3.45. The number of aryl methyl sites for hydroxylation is 3. The molecule has 4 rings (SSSR count). The molecule has 2 aromatic carbocycles. The molecule has 0 aliphatic heterocycles. The highest BCUT2D eigenvalue weighted by Crippen LogP contribution is 2.32. The van der Waals surface area contributed by atoms with Gasteiger partial charge in [0.15, 0.2) is 0 Å². The number of rotatable bonds is 7. The molecule has 0 radical (unpaired) electrons. The predicted octanol–water partition coefficient (Wildman–Crippen LogP) is 5.37. The highest BCUT2D eigenvalue weighted by Gasteiger charge is 2.35. The van der Waals surface area contributed by atoms with Gasteiger partial charge in [-0.15, -0.1) is 11.3 Å². The fraction of sp³-hybridized carbons (Fsp3) is 0.192. The number of amides is 2. The normalized spacial score (nSPS) is 11.7. The van der Waals surface area contributed by atoms with Crippen molar-refractivity contribution < 1.29 is 14.0 Å². The fourth-order valence-corrected chi connectivity index (χ4v) is 4.52. The Kier molecular flexibility index (Phi) is 6.70. The topological polar surface area (TPSA) is 75.4 Å². The van der Waals surface area contributed by atoms with Crippen molar-refractivity contribution in [3.8, 4) is 0 Å². The van der Waals surface area contributed by atoms with Crippen LogP contribution in [0, 0.1) is 20.8 Å². The number of aromatic nitrogens is 1. The molecule has 33 heavy (non-hydrogen) atoms. The Labute approximate surface area is 196 Å². The minimum Gasteiger partial charge on any atom is -0.467 e. The second-order valence-electron chi connectivity index (χ2n) is 7.77. The van der Waals surface area contributed by atoms with E-state index in [1.165, 1.54) is 11.3 Å². The van der Waals surface area contributed by atoms with Crippen LogP contribution in [-0.2, 0) is 11.3 Å². The summed E-state index contributed by atoms with van der Waals surface area (Å²) in [5.74, 6) is 0.0756. The first-order valence-corrected chi connectivity index (χ1v) is 11.4. The molecule has 0 saturated heterocycles. The summed E-state index contributed by atoms with van der Waals surface area (Å²) >= 11 is 1.34. The molecule has 0 spiro atoms. The van der Waals surface area contributed by atoms with Gasteiger partial charge in [-0.2, -0.15) is 0 Å². The maximum absolute atomic E-state index is 13.9. The van der Waals surface area contributed by atoms with Crippen molar-refractivity contribution >= 4 is 28.8 Å². The van der Waals surface area contributed by atoms with E-state index < -0.39 is 6.04 Å². The molecule has 2 aromatic heterocycles. The van der Waals surface area contributed by atoms with Crippen LogP contribution in [0.4, 0.5) is 5.69 Å². The van der Waals surface area contributed by atoms with E-state index in [0.29, 0.717) is 27.6 Å². The van der Waals surface area contributed by atoms with Gasteiger partial charge >= 0.3 is 0 Å². The first kappa shape index (κ1) is 22.5. The van der Waals surface area contributed by atoms with Gasteiger partial charge in [-0.3, -0.25) is 14.5 Å². The van der Waals surface area contributed by atoms with Gasteiger partial charge in [0.05, 0.1) is 23.5 Å². The molecule has 7 heteroatoms. The number of nitrogens with zero attached hydrogens (tertiary/aromatic N) is 2. The van der Waals surface area contributed by atoms with Crippen LogP contribution in [-0.4, -0.2) is 16.8 Å². The molecule has 2 heterocycles. The maximum atomic E-state index is 13.9. The van der Waals surface area contributed by atoms with E-state index in [1.807, 2.05) is 75.4 Å². The summed E-state index contributed by atoms with van der Waals surface area (Å²) < 4.78 is 5.36. The van der Waals surface area contributed by atoms with Crippen LogP contribution >= 0.6 is 11.3 Å². The Morgan fingerprint density at radius 1 is 1.00 bits per heavy atom. The third-order valence-corrected chi connectivity index (χ3v) is 6.33. The summed E-state index contributed by atoms with van der Waals surface area (Å²) in [7, 11) is 0. The van der Waals surface area contributed by atoms with Crippen molar-refractivity contribution in [2.24, 2.45) is 0 Å². The zero-order valence-electron chi connectivity index (χ0n) is 18.7. The smallest absolute Gasteiger partial charge is 0.271 e. The van der Waals surface area contributed by atoms with Crippen LogP contribution in [0.5, 0.6) is 0 Å². The van der Waals surface area contributed by atoms with E-state index in [0.717, 1.165) is 10.6 Å². The Bertz CT molecular complexity index is 1230. The zero-order chi connectivity index (χ0) is 23.4. The summed E-state index contributed by atoms with van der Waals surface area (Å²) in [6.07, 6.45) is 1.56. The standard InChI is InChI=1S/C26H25N3O3S/c1-17-11-13-21(14-12-17)29(26(31)24-18(2)28-19(3)33-24)23(20-8-5-4-6-9-20)25(30)27-16-22-10-7-15-32-22/h4-15,23H,16H2,1-3H3,(H,27,30)/t23-/m1/s1. The zero-order valence-corrected chi connectivity index (χ0v) is 19.6. The number of carbonyl (C=O) groups excluding carboxylic acids is 2. The lowest BCUT2D eigenvalue weighted by Gasteiger charge is -2.31. The van der Waals surface area contributed by atoms with Crippen molar-refractivity contribution in [2.75, 3.05) is 4.90 Å². The maximum Gasteiger partial charge on any atom is 0.271 e. The lowest BCUT2D eigenvalue weighted by atomic mass is 10.0. The third-order valence-electron chi connectivity index (χ3n) is 5.27. The SMILES string of the molecule is Cc1ccc(N(C(=O)c2sc(C)nc2C)[C@@H](C(=O)NCc2ccco2)c2ccccc2)cc1. The molecule has 0 unspecified atom stereocenters. The average molecular weight is 460 g/mol. The monoisotopic (exact) mass is 459 g/mol. The first-order chi connectivity index (χ1) is 15.9. The van der Waals surface area contributed by atoms with Crippen LogP contribution in [0.3, 0.4) is 0 Å². The summed E-state index contributed by atoms with van der Waals surface area (Å²) in [6, 6.07) is 19.6. The van der Waals surface area contributed by atoms with Crippen molar-refractivity contribution in [3.63, 3.8) is 0 Å². The van der Waals surface area contributed by atoms with Gasteiger partial charge in [0.2, 0.25) is 5.91 Å². The van der Waals surface area contributed by atoms with E-state index in [9.17, 15) is 9.59 Å². The highest BCUT2D eigenvalue weighted by molar-refractivity contribution is 7.13. The lowest BCUT2D eigenvalue weighted by molar-refractivity contribution is -0.122. The van der Waals surface area contributed by atoms with E-state index in [4.69, 9.17) is 4.42 Å². The quantitative estimate of drug-likeness (QED) is 0.403. The van der Waals surface area contributed by atoms with Crippen molar-refractivity contribution in [3.05, 3.63) is 105 Å². The second kappa shape index (κ2) is 9.83. The van der Waals surface area contributed by atoms with Crippen LogP contribution in [0.1, 0.15) is 43.3 Å². The van der Waals surface area contributed by atoms with Gasteiger partial charge < -0.3 is 9.73 Å². The number of nitrogens with one attached hydrogen (secondary N) is 1. The number of hydrogen-bond acceptors (Lipinski definition) is 5. The van der Waals surface area contributed by atoms with Crippen LogP contribution in [0.25, 0.3) is 0 Å². The molecule has 6 nitrogen and oxygen atoms in total. The first-order valence-electron chi connectivity index (χ1n) is 10.6. The van der Waals surface area contributed by atoms with Crippen molar-refractivity contribution in [1.82, 2.24) is 10.3 Å². The fourth-order valence-electron chi connectivity index (χ4n) is 3.67. The number of carbonyl (C=O) groups is 2. The minimum absolute atomic E-state index is 0.226. The number of furan rings is 1. The lowest BCUT2D eigenvalue weighted by Crippen LogP contribution is -2.44. The molecule has 4 aromatic rings. The molecule has 0 aliphatic rings. The summed E-state index contributed by atoms with van der Waals surface area (Å²) in [6.45, 7) is 5.90. The predicted molar refractivity (Wildman–Crippen MR) is 129 cm³/mol. The Morgan fingerprint density at radius 2 is 1.73 bits per heavy atom. The largest absolute Gasteiger partial charge is 0.467 e. The van der Waals surface area contributed by atoms with Gasteiger partial charge in [0.25, 0.3) is 5.91 Å². The van der Waals surface area contributed by atoms with Gasteiger partial charge in [-0.05, 0) is 50.6 Å². The molecule has 0 saturated carbocycles. The van der Waals surface area contributed by atoms with E-state index in [1.54, 1.807) is 23.3 Å². The number of anilines is 1. The van der Waals surface area contributed by atoms with Gasteiger partial charge in [0.1, 0.15) is 16.7 Å². The number of benzene rings is 2. The Hall–Kier alpha value is -3.71. The van der Waals surface area contributed by atoms with Gasteiger partial charge in [-0.1, -0.05) is 48.0 Å². The molecule has 0 fully saturated rings. The van der Waals surface area contributed by atoms with E-state index >= 15 is 0 Å². The summed E-state index contributed by atoms with van der Waals surface area (Å²) in [5.41, 5.74) is 3.07. The van der Waals surface area contributed by atoms with Gasteiger partial charge in [0, 0.05) is 5.69 Å². The van der Waals surface area contributed by atoms with Crippen LogP contribution in [0.15, 0.2) is 77.4 Å². The van der Waals surface area contributed by atoms with Crippen LogP contribution in [0.2, 0.25) is 0 Å².